The zero-order valence-electron chi connectivity index (χ0n) is 13.4. The Morgan fingerprint density at radius 2 is 1.71 bits per heavy atom. The Morgan fingerprint density at radius 1 is 1.10 bits per heavy atom. The summed E-state index contributed by atoms with van der Waals surface area (Å²) in [5, 5.41) is 6.68. The van der Waals surface area contributed by atoms with Crippen molar-refractivity contribution in [2.24, 2.45) is 0 Å². The lowest BCUT2D eigenvalue weighted by Gasteiger charge is -2.24. The lowest BCUT2D eigenvalue weighted by Crippen LogP contribution is -2.21. The first-order chi connectivity index (χ1) is 10.2. The van der Waals surface area contributed by atoms with Crippen LogP contribution in [0.5, 0.6) is 0 Å². The van der Waals surface area contributed by atoms with Crippen LogP contribution in [0.25, 0.3) is 0 Å². The SMILES string of the molecule is CCC(=O)Nc1cccc(NC2CCCCCCC2)c1C. The molecule has 0 unspecified atom stereocenters. The molecule has 2 N–H and O–H groups in total. The van der Waals surface area contributed by atoms with Gasteiger partial charge in [0.05, 0.1) is 0 Å². The average molecular weight is 288 g/mol. The molecule has 1 aliphatic rings. The van der Waals surface area contributed by atoms with Crippen molar-refractivity contribution in [3.05, 3.63) is 23.8 Å². The molecule has 0 heterocycles. The minimum Gasteiger partial charge on any atom is -0.382 e. The van der Waals surface area contributed by atoms with E-state index < -0.39 is 0 Å². The number of rotatable bonds is 4. The summed E-state index contributed by atoms with van der Waals surface area (Å²) in [4.78, 5) is 11.6. The van der Waals surface area contributed by atoms with Gasteiger partial charge in [-0.25, -0.2) is 0 Å². The number of nitrogens with one attached hydrogen (secondary N) is 2. The second-order valence-corrected chi connectivity index (χ2v) is 6.07. The van der Waals surface area contributed by atoms with Crippen molar-refractivity contribution in [2.75, 3.05) is 10.6 Å². The van der Waals surface area contributed by atoms with Crippen LogP contribution >= 0.6 is 0 Å². The maximum Gasteiger partial charge on any atom is 0.224 e. The predicted octanol–water partition coefficient (Wildman–Crippen LogP) is 4.87. The van der Waals surface area contributed by atoms with Crippen molar-refractivity contribution >= 4 is 17.3 Å². The number of carbonyl (C=O) groups is 1. The van der Waals surface area contributed by atoms with Crippen molar-refractivity contribution < 1.29 is 4.79 Å². The molecule has 0 atom stereocenters. The Hall–Kier alpha value is -1.51. The molecular formula is C18H28N2O. The minimum absolute atomic E-state index is 0.0706. The zero-order valence-corrected chi connectivity index (χ0v) is 13.4. The van der Waals surface area contributed by atoms with Crippen LogP contribution in [0.1, 0.15) is 63.9 Å². The number of anilines is 2. The molecule has 0 aliphatic heterocycles. The molecule has 1 fully saturated rings. The highest BCUT2D eigenvalue weighted by atomic mass is 16.1. The first-order valence-corrected chi connectivity index (χ1v) is 8.36. The summed E-state index contributed by atoms with van der Waals surface area (Å²) in [5.41, 5.74) is 3.23. The summed E-state index contributed by atoms with van der Waals surface area (Å²) < 4.78 is 0. The number of amides is 1. The van der Waals surface area contributed by atoms with Crippen molar-refractivity contribution in [1.29, 1.82) is 0 Å². The van der Waals surface area contributed by atoms with Gasteiger partial charge in [0.1, 0.15) is 0 Å². The summed E-state index contributed by atoms with van der Waals surface area (Å²) in [6.07, 6.45) is 9.79. The van der Waals surface area contributed by atoms with E-state index in [9.17, 15) is 4.79 Å². The van der Waals surface area contributed by atoms with Crippen LogP contribution in [0, 0.1) is 6.92 Å². The third-order valence-electron chi connectivity index (χ3n) is 4.39. The number of hydrogen-bond donors (Lipinski definition) is 2. The largest absolute Gasteiger partial charge is 0.382 e. The van der Waals surface area contributed by atoms with Gasteiger partial charge in [0.15, 0.2) is 0 Å². The molecule has 0 spiro atoms. The van der Waals surface area contributed by atoms with Gasteiger partial charge in [0.25, 0.3) is 0 Å². The van der Waals surface area contributed by atoms with Gasteiger partial charge in [-0.05, 0) is 37.5 Å². The Kier molecular flexibility index (Phi) is 6.09. The van der Waals surface area contributed by atoms with E-state index in [1.807, 2.05) is 19.1 Å². The van der Waals surface area contributed by atoms with Crippen molar-refractivity contribution in [3.8, 4) is 0 Å². The maximum atomic E-state index is 11.6. The van der Waals surface area contributed by atoms with Gasteiger partial charge in [-0.1, -0.05) is 45.1 Å². The topological polar surface area (TPSA) is 41.1 Å². The van der Waals surface area contributed by atoms with Crippen LogP contribution in [0.4, 0.5) is 11.4 Å². The molecule has 3 nitrogen and oxygen atoms in total. The third kappa shape index (κ3) is 4.76. The first kappa shape index (κ1) is 15.9. The van der Waals surface area contributed by atoms with Gasteiger partial charge in [-0.15, -0.1) is 0 Å². The van der Waals surface area contributed by atoms with Gasteiger partial charge in [0.2, 0.25) is 5.91 Å². The van der Waals surface area contributed by atoms with Crippen LogP contribution in [0.2, 0.25) is 0 Å². The molecule has 1 aromatic rings. The van der Waals surface area contributed by atoms with Gasteiger partial charge < -0.3 is 10.6 Å². The van der Waals surface area contributed by atoms with Crippen molar-refractivity contribution in [1.82, 2.24) is 0 Å². The summed E-state index contributed by atoms with van der Waals surface area (Å²) >= 11 is 0. The molecule has 21 heavy (non-hydrogen) atoms. The molecule has 0 radical (unpaired) electrons. The highest BCUT2D eigenvalue weighted by Crippen LogP contribution is 2.27. The van der Waals surface area contributed by atoms with Crippen LogP contribution in [0.15, 0.2) is 18.2 Å². The lowest BCUT2D eigenvalue weighted by atomic mass is 9.96. The van der Waals surface area contributed by atoms with Crippen molar-refractivity contribution in [2.45, 2.75) is 71.3 Å². The molecule has 1 aliphatic carbocycles. The fourth-order valence-corrected chi connectivity index (χ4v) is 2.99. The summed E-state index contributed by atoms with van der Waals surface area (Å²) in [5.74, 6) is 0.0706. The van der Waals surface area contributed by atoms with E-state index in [0.29, 0.717) is 12.5 Å². The standard InChI is InChI=1S/C18H28N2O/c1-3-18(21)20-17-13-9-12-16(14(17)2)19-15-10-7-5-4-6-8-11-15/h9,12-13,15,19H,3-8,10-11H2,1-2H3,(H,20,21). The summed E-state index contributed by atoms with van der Waals surface area (Å²) in [6, 6.07) is 6.69. The summed E-state index contributed by atoms with van der Waals surface area (Å²) in [6.45, 7) is 3.96. The van der Waals surface area contributed by atoms with Gasteiger partial charge in [-0.2, -0.15) is 0 Å². The van der Waals surface area contributed by atoms with Gasteiger partial charge in [-0.3, -0.25) is 4.79 Å². The number of hydrogen-bond acceptors (Lipinski definition) is 2. The normalized spacial score (nSPS) is 16.9. The second kappa shape index (κ2) is 8.06. The fourth-order valence-electron chi connectivity index (χ4n) is 2.99. The van der Waals surface area contributed by atoms with Crippen LogP contribution in [-0.4, -0.2) is 11.9 Å². The van der Waals surface area contributed by atoms with E-state index in [1.54, 1.807) is 0 Å². The van der Waals surface area contributed by atoms with E-state index in [4.69, 9.17) is 0 Å². The van der Waals surface area contributed by atoms with Crippen LogP contribution < -0.4 is 10.6 Å². The predicted molar refractivity (Wildman–Crippen MR) is 89.8 cm³/mol. The monoisotopic (exact) mass is 288 g/mol. The lowest BCUT2D eigenvalue weighted by molar-refractivity contribution is -0.115. The molecule has 1 amide bonds. The minimum atomic E-state index is 0.0706. The van der Waals surface area contributed by atoms with E-state index in [-0.39, 0.29) is 5.91 Å². The Bertz CT molecular complexity index is 462. The fraction of sp³-hybridized carbons (Fsp3) is 0.611. The smallest absolute Gasteiger partial charge is 0.224 e. The molecule has 3 heteroatoms. The molecule has 2 rings (SSSR count). The number of benzene rings is 1. The van der Waals surface area contributed by atoms with Crippen LogP contribution in [-0.2, 0) is 4.79 Å². The van der Waals surface area contributed by atoms with E-state index in [0.717, 1.165) is 16.9 Å². The van der Waals surface area contributed by atoms with E-state index in [1.165, 1.54) is 44.9 Å². The van der Waals surface area contributed by atoms with Gasteiger partial charge in [0, 0.05) is 23.8 Å². The Morgan fingerprint density at radius 3 is 2.38 bits per heavy atom. The Labute approximate surface area is 128 Å². The average Bonchev–Trinajstić information content (AvgIpc) is 2.45. The third-order valence-corrected chi connectivity index (χ3v) is 4.39. The number of carbonyl (C=O) groups excluding carboxylic acids is 1. The molecular weight excluding hydrogens is 260 g/mol. The van der Waals surface area contributed by atoms with Crippen LogP contribution in [0.3, 0.4) is 0 Å². The summed E-state index contributed by atoms with van der Waals surface area (Å²) in [7, 11) is 0. The Balaban J connectivity index is 2.04. The molecule has 1 aromatic carbocycles. The van der Waals surface area contributed by atoms with Crippen molar-refractivity contribution in [3.63, 3.8) is 0 Å². The molecule has 116 valence electrons. The van der Waals surface area contributed by atoms with E-state index >= 15 is 0 Å². The molecule has 0 aromatic heterocycles. The first-order valence-electron chi connectivity index (χ1n) is 8.36. The van der Waals surface area contributed by atoms with E-state index in [2.05, 4.69) is 23.6 Å². The zero-order chi connectivity index (χ0) is 15.1. The highest BCUT2D eigenvalue weighted by Gasteiger charge is 2.13. The maximum absolute atomic E-state index is 11.6. The molecule has 0 saturated heterocycles. The quantitative estimate of drug-likeness (QED) is 0.830. The van der Waals surface area contributed by atoms with Gasteiger partial charge >= 0.3 is 0 Å². The molecule has 0 bridgehead atoms. The highest BCUT2D eigenvalue weighted by molar-refractivity contribution is 5.92. The molecule has 1 saturated carbocycles. The second-order valence-electron chi connectivity index (χ2n) is 6.07.